The SMILES string of the molecule is Cc1nc(-c2cnncc2Br)n[nH]1. The summed E-state index contributed by atoms with van der Waals surface area (Å²) >= 11 is 3.35. The maximum atomic E-state index is 4.18. The Balaban J connectivity index is 2.52. The predicted molar refractivity (Wildman–Crippen MR) is 49.8 cm³/mol. The number of H-pyrrole nitrogens is 1. The zero-order valence-corrected chi connectivity index (χ0v) is 8.41. The number of aromatic nitrogens is 5. The molecule has 0 bridgehead atoms. The fourth-order valence-corrected chi connectivity index (χ4v) is 1.31. The van der Waals surface area contributed by atoms with Crippen LogP contribution < -0.4 is 0 Å². The average molecular weight is 240 g/mol. The standard InChI is InChI=1S/C7H6BrN5/c1-4-11-7(13-12-4)5-2-9-10-3-6(5)8/h2-3H,1H3,(H,11,12,13). The van der Waals surface area contributed by atoms with Gasteiger partial charge in [0.15, 0.2) is 5.82 Å². The molecule has 1 N–H and O–H groups in total. The van der Waals surface area contributed by atoms with Gasteiger partial charge in [0.25, 0.3) is 0 Å². The molecule has 2 aromatic rings. The van der Waals surface area contributed by atoms with Gasteiger partial charge in [0, 0.05) is 0 Å². The van der Waals surface area contributed by atoms with E-state index in [1.54, 1.807) is 12.4 Å². The van der Waals surface area contributed by atoms with Crippen LogP contribution in [0.1, 0.15) is 5.82 Å². The summed E-state index contributed by atoms with van der Waals surface area (Å²) in [5.74, 6) is 1.40. The Kier molecular flexibility index (Phi) is 2.05. The molecule has 0 amide bonds. The van der Waals surface area contributed by atoms with Crippen LogP contribution in [0.4, 0.5) is 0 Å². The van der Waals surface area contributed by atoms with Crippen molar-refractivity contribution in [3.05, 3.63) is 22.7 Å². The Morgan fingerprint density at radius 1 is 1.31 bits per heavy atom. The first-order chi connectivity index (χ1) is 6.27. The Bertz CT molecular complexity index is 424. The van der Waals surface area contributed by atoms with Crippen LogP contribution in [0.3, 0.4) is 0 Å². The number of aryl methyl sites for hydroxylation is 1. The Hall–Kier alpha value is -1.30. The van der Waals surface area contributed by atoms with Crippen molar-refractivity contribution in [2.45, 2.75) is 6.92 Å². The molecule has 0 saturated heterocycles. The summed E-state index contributed by atoms with van der Waals surface area (Å²) < 4.78 is 0.835. The fourth-order valence-electron chi connectivity index (χ4n) is 0.934. The van der Waals surface area contributed by atoms with Crippen LogP contribution in [0.5, 0.6) is 0 Å². The molecule has 0 saturated carbocycles. The van der Waals surface area contributed by atoms with E-state index >= 15 is 0 Å². The van der Waals surface area contributed by atoms with Gasteiger partial charge in [-0.1, -0.05) is 0 Å². The second-order valence-corrected chi connectivity index (χ2v) is 3.35. The molecule has 0 atom stereocenters. The van der Waals surface area contributed by atoms with Crippen LogP contribution in [-0.2, 0) is 0 Å². The molecule has 13 heavy (non-hydrogen) atoms. The van der Waals surface area contributed by atoms with E-state index in [1.807, 2.05) is 6.92 Å². The summed E-state index contributed by atoms with van der Waals surface area (Å²) in [6.45, 7) is 1.85. The normalized spacial score (nSPS) is 10.3. The summed E-state index contributed by atoms with van der Waals surface area (Å²) in [6, 6.07) is 0. The molecule has 0 fully saturated rings. The van der Waals surface area contributed by atoms with Crippen molar-refractivity contribution in [2.75, 3.05) is 0 Å². The van der Waals surface area contributed by atoms with Gasteiger partial charge < -0.3 is 0 Å². The van der Waals surface area contributed by atoms with Gasteiger partial charge in [-0.05, 0) is 22.9 Å². The molecule has 6 heteroatoms. The van der Waals surface area contributed by atoms with Gasteiger partial charge in [0.2, 0.25) is 0 Å². The van der Waals surface area contributed by atoms with Gasteiger partial charge in [-0.3, -0.25) is 5.10 Å². The molecule has 0 unspecified atom stereocenters. The molecule has 5 nitrogen and oxygen atoms in total. The zero-order chi connectivity index (χ0) is 9.26. The molecule has 66 valence electrons. The van der Waals surface area contributed by atoms with E-state index in [9.17, 15) is 0 Å². The number of nitrogens with one attached hydrogen (secondary N) is 1. The van der Waals surface area contributed by atoms with E-state index in [4.69, 9.17) is 0 Å². The third kappa shape index (κ3) is 1.57. The minimum Gasteiger partial charge on any atom is -0.263 e. The zero-order valence-electron chi connectivity index (χ0n) is 6.82. The summed E-state index contributed by atoms with van der Waals surface area (Å²) in [5.41, 5.74) is 0.833. The van der Waals surface area contributed by atoms with Gasteiger partial charge in [-0.25, -0.2) is 4.98 Å². The van der Waals surface area contributed by atoms with Gasteiger partial charge in [0.05, 0.1) is 22.4 Å². The Morgan fingerprint density at radius 2 is 2.08 bits per heavy atom. The van der Waals surface area contributed by atoms with Crippen LogP contribution in [0.15, 0.2) is 16.9 Å². The van der Waals surface area contributed by atoms with Crippen molar-refractivity contribution in [2.24, 2.45) is 0 Å². The van der Waals surface area contributed by atoms with Crippen molar-refractivity contribution in [3.8, 4) is 11.4 Å². The topological polar surface area (TPSA) is 67.3 Å². The van der Waals surface area contributed by atoms with Crippen molar-refractivity contribution in [3.63, 3.8) is 0 Å². The molecule has 2 heterocycles. The Morgan fingerprint density at radius 3 is 2.69 bits per heavy atom. The van der Waals surface area contributed by atoms with Crippen LogP contribution >= 0.6 is 15.9 Å². The van der Waals surface area contributed by atoms with E-state index in [0.717, 1.165) is 15.9 Å². The van der Waals surface area contributed by atoms with Crippen molar-refractivity contribution >= 4 is 15.9 Å². The summed E-state index contributed by atoms with van der Waals surface area (Å²) in [4.78, 5) is 4.18. The molecule has 0 radical (unpaired) electrons. The number of hydrogen-bond donors (Lipinski definition) is 1. The van der Waals surface area contributed by atoms with Gasteiger partial charge in [-0.2, -0.15) is 15.3 Å². The maximum absolute atomic E-state index is 4.18. The number of halogens is 1. The molecule has 2 aromatic heterocycles. The molecule has 0 aliphatic carbocycles. The fraction of sp³-hybridized carbons (Fsp3) is 0.143. The number of nitrogens with zero attached hydrogens (tertiary/aromatic N) is 4. The van der Waals surface area contributed by atoms with Crippen LogP contribution in [-0.4, -0.2) is 25.4 Å². The second-order valence-electron chi connectivity index (χ2n) is 2.50. The first kappa shape index (κ1) is 8.31. The molecular formula is C7H6BrN5. The highest BCUT2D eigenvalue weighted by Crippen LogP contribution is 2.22. The molecule has 0 spiro atoms. The lowest BCUT2D eigenvalue weighted by Gasteiger charge is -1.95. The predicted octanol–water partition coefficient (Wildman–Crippen LogP) is 1.33. The highest BCUT2D eigenvalue weighted by Gasteiger charge is 2.07. The van der Waals surface area contributed by atoms with Crippen LogP contribution in [0.2, 0.25) is 0 Å². The van der Waals surface area contributed by atoms with E-state index < -0.39 is 0 Å². The van der Waals surface area contributed by atoms with Crippen molar-refractivity contribution in [1.29, 1.82) is 0 Å². The van der Waals surface area contributed by atoms with Crippen LogP contribution in [0.25, 0.3) is 11.4 Å². The van der Waals surface area contributed by atoms with Gasteiger partial charge in [0.1, 0.15) is 5.82 Å². The quantitative estimate of drug-likeness (QED) is 0.816. The lowest BCUT2D eigenvalue weighted by molar-refractivity contribution is 1.01. The van der Waals surface area contributed by atoms with E-state index in [1.165, 1.54) is 0 Å². The van der Waals surface area contributed by atoms with Gasteiger partial charge in [-0.15, -0.1) is 0 Å². The lowest BCUT2D eigenvalue weighted by Crippen LogP contribution is -1.86. The molecule has 0 aromatic carbocycles. The molecule has 0 aliphatic rings. The minimum absolute atomic E-state index is 0.624. The van der Waals surface area contributed by atoms with Gasteiger partial charge >= 0.3 is 0 Å². The molecule has 0 aliphatic heterocycles. The van der Waals surface area contributed by atoms with E-state index in [2.05, 4.69) is 41.3 Å². The summed E-state index contributed by atoms with van der Waals surface area (Å²) in [7, 11) is 0. The first-order valence-electron chi connectivity index (χ1n) is 3.63. The average Bonchev–Trinajstić information content (AvgIpc) is 2.53. The smallest absolute Gasteiger partial charge is 0.183 e. The Labute approximate surface area is 82.7 Å². The largest absolute Gasteiger partial charge is 0.263 e. The molecular weight excluding hydrogens is 234 g/mol. The third-order valence-electron chi connectivity index (χ3n) is 1.52. The minimum atomic E-state index is 0.624. The second kappa shape index (κ2) is 3.21. The summed E-state index contributed by atoms with van der Waals surface area (Å²) in [6.07, 6.45) is 3.23. The van der Waals surface area contributed by atoms with E-state index in [-0.39, 0.29) is 0 Å². The number of aromatic amines is 1. The van der Waals surface area contributed by atoms with Crippen molar-refractivity contribution in [1.82, 2.24) is 25.4 Å². The third-order valence-corrected chi connectivity index (χ3v) is 2.15. The highest BCUT2D eigenvalue weighted by atomic mass is 79.9. The number of hydrogen-bond acceptors (Lipinski definition) is 4. The van der Waals surface area contributed by atoms with Crippen molar-refractivity contribution < 1.29 is 0 Å². The maximum Gasteiger partial charge on any atom is 0.183 e. The monoisotopic (exact) mass is 239 g/mol. The highest BCUT2D eigenvalue weighted by molar-refractivity contribution is 9.10. The molecule has 2 rings (SSSR count). The lowest BCUT2D eigenvalue weighted by atomic mass is 10.3. The number of rotatable bonds is 1. The van der Waals surface area contributed by atoms with E-state index in [0.29, 0.717) is 5.82 Å². The first-order valence-corrected chi connectivity index (χ1v) is 4.42. The van der Waals surface area contributed by atoms with Crippen LogP contribution in [0, 0.1) is 6.92 Å². The summed E-state index contributed by atoms with van der Waals surface area (Å²) in [5, 5.41) is 14.2.